The largest absolute Gasteiger partial charge is 0.511 e. The topological polar surface area (TPSA) is 158 Å². The van der Waals surface area contributed by atoms with Crippen molar-refractivity contribution in [1.29, 1.82) is 0 Å². The molecule has 3 aliphatic rings. The number of hydrogen-bond acceptors (Lipinski definition) is 7. The van der Waals surface area contributed by atoms with Gasteiger partial charge in [-0.3, -0.25) is 14.4 Å². The van der Waals surface area contributed by atoms with Crippen molar-refractivity contribution >= 4 is 17.5 Å². The van der Waals surface area contributed by atoms with Gasteiger partial charge in [0.2, 0.25) is 5.78 Å². The Morgan fingerprint density at radius 2 is 1.71 bits per heavy atom. The minimum absolute atomic E-state index is 0.0542. The number of carbonyl (C=O) groups excluding carboxylic acids is 3. The second-order valence-electron chi connectivity index (χ2n) is 9.01. The third kappa shape index (κ3) is 3.24. The number of phenolic OH excluding ortho intramolecular Hbond substituents is 1. The van der Waals surface area contributed by atoms with Crippen molar-refractivity contribution in [3.05, 3.63) is 87.4 Å². The summed E-state index contributed by atoms with van der Waals surface area (Å²) >= 11 is 0. The fourth-order valence-electron chi connectivity index (χ4n) is 5.40. The number of carbonyl (C=O) groups is 3. The van der Waals surface area contributed by atoms with E-state index in [1.165, 1.54) is 6.07 Å². The number of hydrogen-bond donors (Lipinski definition) is 5. The van der Waals surface area contributed by atoms with Gasteiger partial charge >= 0.3 is 0 Å². The van der Waals surface area contributed by atoms with Gasteiger partial charge in [0.05, 0.1) is 5.56 Å². The Morgan fingerprint density at radius 3 is 2.40 bits per heavy atom. The summed E-state index contributed by atoms with van der Waals surface area (Å²) < 4.78 is 0. The molecule has 0 fully saturated rings. The van der Waals surface area contributed by atoms with Crippen LogP contribution in [0.25, 0.3) is 0 Å². The summed E-state index contributed by atoms with van der Waals surface area (Å²) in [6.45, 7) is 0. The third-order valence-corrected chi connectivity index (χ3v) is 7.06. The van der Waals surface area contributed by atoms with E-state index in [4.69, 9.17) is 5.73 Å². The highest BCUT2D eigenvalue weighted by Crippen LogP contribution is 2.51. The molecule has 2 aromatic rings. The van der Waals surface area contributed by atoms with Gasteiger partial charge in [0, 0.05) is 29.0 Å². The lowest BCUT2D eigenvalue weighted by Gasteiger charge is -2.45. The Kier molecular flexibility index (Phi) is 5.04. The van der Waals surface area contributed by atoms with Crippen LogP contribution in [-0.4, -0.2) is 43.5 Å². The molecule has 6 N–H and O–H groups in total. The van der Waals surface area contributed by atoms with Crippen LogP contribution in [0, 0.1) is 23.7 Å². The van der Waals surface area contributed by atoms with Crippen molar-refractivity contribution in [3.63, 3.8) is 0 Å². The van der Waals surface area contributed by atoms with Gasteiger partial charge in [0.15, 0.2) is 11.4 Å². The number of Topliss-reactive ketones (excluding diaryl/α,β-unsaturated/α-hetero) is 2. The van der Waals surface area contributed by atoms with E-state index in [0.29, 0.717) is 11.1 Å². The molecule has 5 rings (SSSR count). The minimum Gasteiger partial charge on any atom is -0.511 e. The van der Waals surface area contributed by atoms with E-state index in [2.05, 4.69) is 11.8 Å². The molecule has 0 radical (unpaired) electrons. The van der Waals surface area contributed by atoms with Crippen LogP contribution in [0.15, 0.2) is 65.1 Å². The Morgan fingerprint density at radius 1 is 1.00 bits per heavy atom. The van der Waals surface area contributed by atoms with Crippen molar-refractivity contribution < 1.29 is 34.8 Å². The number of aliphatic hydroxyl groups excluding tert-OH is 2. The molecule has 0 unspecified atom stereocenters. The molecular formula is C27H21NO7. The second kappa shape index (κ2) is 7.86. The molecule has 0 aromatic heterocycles. The molecule has 0 bridgehead atoms. The Balaban J connectivity index is 1.64. The zero-order valence-electron chi connectivity index (χ0n) is 18.4. The summed E-state index contributed by atoms with van der Waals surface area (Å²) in [5, 5.41) is 43.1. The van der Waals surface area contributed by atoms with E-state index in [0.717, 1.165) is 5.56 Å². The van der Waals surface area contributed by atoms with Crippen molar-refractivity contribution in [2.75, 3.05) is 0 Å². The first-order chi connectivity index (χ1) is 16.6. The standard InChI is InChI=1S/C27H21NO7/c28-26(34)22-19(30)12-16-10-15-11-17-14(7-6-13-4-2-1-3-5-13)8-9-18(29)21(17)23(31)20(15)24(32)27(16,35)25(22)33/h1-5,8-9,15-16,29-30,32,35H,10-12H2,(H2,28,34)/t15-,16+,27+/m1/s1. The summed E-state index contributed by atoms with van der Waals surface area (Å²) in [6.07, 6.45) is 0.0157. The number of primary amides is 1. The minimum atomic E-state index is -2.57. The Bertz CT molecular complexity index is 1440. The zero-order chi connectivity index (χ0) is 25.1. The molecule has 0 saturated heterocycles. The fourth-order valence-corrected chi connectivity index (χ4v) is 5.40. The van der Waals surface area contributed by atoms with Crippen LogP contribution in [-0.2, 0) is 16.0 Å². The number of aliphatic hydroxyl groups is 3. The number of allylic oxidation sites excluding steroid dienone is 2. The third-order valence-electron chi connectivity index (χ3n) is 7.06. The van der Waals surface area contributed by atoms with Crippen LogP contribution in [0.3, 0.4) is 0 Å². The van der Waals surface area contributed by atoms with Gasteiger partial charge in [-0.1, -0.05) is 30.0 Å². The lowest BCUT2D eigenvalue weighted by atomic mass is 9.60. The van der Waals surface area contributed by atoms with Gasteiger partial charge < -0.3 is 26.2 Å². The van der Waals surface area contributed by atoms with Gasteiger partial charge in [0.1, 0.15) is 22.8 Å². The molecule has 0 aliphatic heterocycles. The average Bonchev–Trinajstić information content (AvgIpc) is 2.81. The summed E-state index contributed by atoms with van der Waals surface area (Å²) in [6, 6.07) is 12.2. The summed E-state index contributed by atoms with van der Waals surface area (Å²) in [5.74, 6) is -0.441. The Hall–Kier alpha value is -4.35. The van der Waals surface area contributed by atoms with Gasteiger partial charge in [-0.25, -0.2) is 0 Å². The second-order valence-corrected chi connectivity index (χ2v) is 9.01. The van der Waals surface area contributed by atoms with Crippen molar-refractivity contribution in [1.82, 2.24) is 0 Å². The molecule has 0 heterocycles. The maximum Gasteiger partial charge on any atom is 0.255 e. The molecule has 2 aromatic carbocycles. The highest BCUT2D eigenvalue weighted by molar-refractivity contribution is 6.24. The normalized spacial score (nSPS) is 25.3. The van der Waals surface area contributed by atoms with Crippen LogP contribution < -0.4 is 5.73 Å². The van der Waals surface area contributed by atoms with Crippen LogP contribution in [0.2, 0.25) is 0 Å². The highest BCUT2D eigenvalue weighted by atomic mass is 16.3. The number of nitrogens with two attached hydrogens (primary N) is 1. The van der Waals surface area contributed by atoms with E-state index in [-0.39, 0.29) is 36.1 Å². The van der Waals surface area contributed by atoms with Crippen LogP contribution >= 0.6 is 0 Å². The molecule has 35 heavy (non-hydrogen) atoms. The quantitative estimate of drug-likeness (QED) is 0.314. The summed E-state index contributed by atoms with van der Waals surface area (Å²) in [4.78, 5) is 38.2. The van der Waals surface area contributed by atoms with Gasteiger partial charge in [-0.05, 0) is 48.6 Å². The first-order valence-electron chi connectivity index (χ1n) is 11.0. The lowest BCUT2D eigenvalue weighted by molar-refractivity contribution is -0.144. The number of rotatable bonds is 1. The molecule has 1 amide bonds. The van der Waals surface area contributed by atoms with E-state index < -0.39 is 52.0 Å². The predicted octanol–water partition coefficient (Wildman–Crippen LogP) is 1.98. The number of phenols is 1. The molecule has 3 aliphatic carbocycles. The first-order valence-corrected chi connectivity index (χ1v) is 11.0. The molecule has 8 heteroatoms. The van der Waals surface area contributed by atoms with Gasteiger partial charge in [-0.2, -0.15) is 0 Å². The summed E-state index contributed by atoms with van der Waals surface area (Å²) in [5.41, 5.74) is 3.40. The number of amides is 1. The molecule has 0 saturated carbocycles. The fraction of sp³-hybridized carbons (Fsp3) is 0.222. The smallest absolute Gasteiger partial charge is 0.255 e. The van der Waals surface area contributed by atoms with Crippen molar-refractivity contribution in [2.24, 2.45) is 17.6 Å². The number of fused-ring (bicyclic) bond motifs is 3. The van der Waals surface area contributed by atoms with Crippen LogP contribution in [0.1, 0.15) is 39.9 Å². The number of aromatic hydroxyl groups is 1. The maximum atomic E-state index is 13.5. The number of ketones is 2. The molecular weight excluding hydrogens is 450 g/mol. The maximum absolute atomic E-state index is 13.5. The molecule has 176 valence electrons. The van der Waals surface area contributed by atoms with E-state index in [1.54, 1.807) is 6.07 Å². The SMILES string of the molecule is NC(=O)C1=C(O)C[C@@H]2C[C@@H]3Cc4c(C#Cc5ccccc5)ccc(O)c4C(=O)C3=C(O)[C@]2(O)C1=O. The zero-order valence-corrected chi connectivity index (χ0v) is 18.4. The van der Waals surface area contributed by atoms with Crippen molar-refractivity contribution in [3.8, 4) is 17.6 Å². The van der Waals surface area contributed by atoms with Gasteiger partial charge in [-0.15, -0.1) is 0 Å². The Labute approximate surface area is 200 Å². The van der Waals surface area contributed by atoms with E-state index >= 15 is 0 Å². The first kappa shape index (κ1) is 22.4. The van der Waals surface area contributed by atoms with E-state index in [1.807, 2.05) is 30.3 Å². The van der Waals surface area contributed by atoms with Gasteiger partial charge in [0.25, 0.3) is 5.91 Å². The van der Waals surface area contributed by atoms with E-state index in [9.17, 15) is 34.8 Å². The molecule has 0 spiro atoms. The number of benzene rings is 2. The van der Waals surface area contributed by atoms with Crippen LogP contribution in [0.4, 0.5) is 0 Å². The molecule has 3 atom stereocenters. The summed E-state index contributed by atoms with van der Waals surface area (Å²) in [7, 11) is 0. The predicted molar refractivity (Wildman–Crippen MR) is 123 cm³/mol. The monoisotopic (exact) mass is 471 g/mol. The average molecular weight is 471 g/mol. The highest BCUT2D eigenvalue weighted by Gasteiger charge is 2.59. The molecule has 8 nitrogen and oxygen atoms in total. The van der Waals surface area contributed by atoms with Crippen molar-refractivity contribution in [2.45, 2.75) is 24.9 Å². The lowest BCUT2D eigenvalue weighted by Crippen LogP contribution is -2.57. The van der Waals surface area contributed by atoms with Crippen LogP contribution in [0.5, 0.6) is 5.75 Å².